The van der Waals surface area contributed by atoms with Gasteiger partial charge in [-0.3, -0.25) is 30.7 Å². The summed E-state index contributed by atoms with van der Waals surface area (Å²) >= 11 is 2.03. The van der Waals surface area contributed by atoms with Crippen molar-refractivity contribution in [2.45, 2.75) is 22.7 Å². The molecule has 4 unspecified atom stereocenters. The molecule has 2 aliphatic heterocycles. The van der Waals surface area contributed by atoms with Crippen LogP contribution in [0.5, 0.6) is 0 Å². The van der Waals surface area contributed by atoms with Crippen molar-refractivity contribution in [3.8, 4) is 0 Å². The molecule has 0 aromatic heterocycles. The zero-order valence-electron chi connectivity index (χ0n) is 14.6. The van der Waals surface area contributed by atoms with Crippen LogP contribution in [-0.2, 0) is 30.1 Å². The highest BCUT2D eigenvalue weighted by atomic mass is 32.3. The number of hydrogen-bond donors (Lipinski definition) is 6. The Labute approximate surface area is 176 Å². The molecule has 0 saturated carbocycles. The van der Waals surface area contributed by atoms with Crippen LogP contribution < -0.4 is 22.3 Å². The summed E-state index contributed by atoms with van der Waals surface area (Å²) in [6, 6.07) is 0. The van der Waals surface area contributed by atoms with Crippen LogP contribution in [0.25, 0.3) is 0 Å². The summed E-state index contributed by atoms with van der Waals surface area (Å²) in [5.74, 6) is -0.455. The van der Waals surface area contributed by atoms with Crippen molar-refractivity contribution in [1.82, 2.24) is 0 Å². The van der Waals surface area contributed by atoms with Gasteiger partial charge in [0.05, 0.1) is 45.7 Å². The minimum Gasteiger partial charge on any atom is -0.759 e. The normalized spacial score (nSPS) is 29.7. The molecule has 0 aliphatic carbocycles. The van der Waals surface area contributed by atoms with Gasteiger partial charge in [-0.1, -0.05) is 0 Å². The van der Waals surface area contributed by atoms with Crippen LogP contribution in [0, 0.1) is 0 Å². The Bertz CT molecular complexity index is 835. The third-order valence-corrected chi connectivity index (χ3v) is 9.09. The zero-order valence-corrected chi connectivity index (χ0v) is 18.7. The molecule has 2 aliphatic rings. The third-order valence-electron chi connectivity index (χ3n) is 3.12. The molecular formula is C10H22N4O10S5. The Morgan fingerprint density at radius 2 is 1.07 bits per heavy atom. The monoisotopic (exact) mass is 518 g/mol. The van der Waals surface area contributed by atoms with Gasteiger partial charge in [0.15, 0.2) is 19.7 Å². The molecule has 0 spiro atoms. The van der Waals surface area contributed by atoms with Crippen LogP contribution in [0.4, 0.5) is 0 Å². The van der Waals surface area contributed by atoms with E-state index < -0.39 is 52.8 Å². The van der Waals surface area contributed by atoms with Gasteiger partial charge in [-0.2, -0.15) is 0 Å². The number of hydrogen-bond acceptors (Lipinski definition) is 12. The fraction of sp³-hybridized carbons (Fsp3) is 0.800. The molecule has 0 aromatic carbocycles. The van der Waals surface area contributed by atoms with Crippen LogP contribution in [0.1, 0.15) is 0 Å². The fourth-order valence-corrected chi connectivity index (χ4v) is 8.63. The minimum absolute atomic E-state index is 0.0449. The Kier molecular flexibility index (Phi) is 10.8. The number of aliphatic hydroxyl groups is 2. The molecule has 0 amide bonds. The number of sulfone groups is 2. The summed E-state index contributed by atoms with van der Waals surface area (Å²) in [6.45, 7) is 0. The SMILES string of the molecule is NC(=[NH2+])SC1CS(=O)(=O)CC1O.NC(=[NH2+])SC1CS(=O)(=O)CC1O.O=S(=O)([O-])[O-]. The molecule has 172 valence electrons. The summed E-state index contributed by atoms with van der Waals surface area (Å²) < 4.78 is 78.0. The molecule has 19 heteroatoms. The van der Waals surface area contributed by atoms with E-state index in [1.807, 2.05) is 0 Å². The zero-order chi connectivity index (χ0) is 23.2. The summed E-state index contributed by atoms with van der Waals surface area (Å²) in [5, 5.41) is 28.2. The van der Waals surface area contributed by atoms with Crippen molar-refractivity contribution in [3.05, 3.63) is 0 Å². The molecule has 2 saturated heterocycles. The summed E-state index contributed by atoms with van der Waals surface area (Å²) in [6.07, 6.45) is -1.69. The van der Waals surface area contributed by atoms with E-state index in [9.17, 15) is 27.0 Å². The van der Waals surface area contributed by atoms with E-state index in [4.69, 9.17) is 39.8 Å². The maximum absolute atomic E-state index is 11.0. The average Bonchev–Trinajstić information content (AvgIpc) is 2.81. The molecule has 14 nitrogen and oxygen atoms in total. The highest BCUT2D eigenvalue weighted by molar-refractivity contribution is 8.15. The van der Waals surface area contributed by atoms with E-state index in [0.717, 1.165) is 23.5 Å². The first-order chi connectivity index (χ1) is 12.8. The summed E-state index contributed by atoms with van der Waals surface area (Å²) in [7, 11) is -11.3. The Morgan fingerprint density at radius 1 is 0.828 bits per heavy atom. The van der Waals surface area contributed by atoms with Crippen molar-refractivity contribution in [1.29, 1.82) is 0 Å². The number of amidine groups is 2. The first kappa shape index (κ1) is 28.3. The Hall–Kier alpha value is -0.670. The van der Waals surface area contributed by atoms with Crippen LogP contribution in [0.15, 0.2) is 0 Å². The molecule has 10 N–H and O–H groups in total. The van der Waals surface area contributed by atoms with Gasteiger partial charge in [-0.25, -0.2) is 16.8 Å². The largest absolute Gasteiger partial charge is 0.759 e. The Balaban J connectivity index is 0.000000442. The first-order valence-electron chi connectivity index (χ1n) is 7.34. The Morgan fingerprint density at radius 3 is 1.21 bits per heavy atom. The molecule has 4 atom stereocenters. The van der Waals surface area contributed by atoms with Crippen LogP contribution >= 0.6 is 23.5 Å². The predicted octanol–water partition coefficient (Wildman–Crippen LogP) is -7.44. The first-order valence-corrected chi connectivity index (χ1v) is 14.1. The molecule has 0 radical (unpaired) electrons. The van der Waals surface area contributed by atoms with E-state index in [-0.39, 0.29) is 33.3 Å². The second kappa shape index (κ2) is 11.1. The fourth-order valence-electron chi connectivity index (χ4n) is 2.17. The third kappa shape index (κ3) is 14.0. The van der Waals surface area contributed by atoms with Crippen LogP contribution in [-0.4, -0.2) is 101 Å². The number of rotatable bonds is 2. The number of aliphatic hydroxyl groups excluding tert-OH is 2. The van der Waals surface area contributed by atoms with E-state index in [1.165, 1.54) is 0 Å². The van der Waals surface area contributed by atoms with Gasteiger partial charge in [-0.05, 0) is 23.5 Å². The minimum atomic E-state index is -5.17. The molecule has 29 heavy (non-hydrogen) atoms. The highest BCUT2D eigenvalue weighted by Gasteiger charge is 2.38. The maximum atomic E-state index is 11.0. The van der Waals surface area contributed by atoms with Gasteiger partial charge in [-0.15, -0.1) is 0 Å². The van der Waals surface area contributed by atoms with Gasteiger partial charge >= 0.3 is 0 Å². The van der Waals surface area contributed by atoms with Crippen LogP contribution in [0.3, 0.4) is 0 Å². The van der Waals surface area contributed by atoms with E-state index in [0.29, 0.717) is 0 Å². The lowest BCUT2D eigenvalue weighted by atomic mass is 10.3. The molecule has 0 aromatic rings. The van der Waals surface area contributed by atoms with Crippen molar-refractivity contribution < 1.29 is 55.4 Å². The predicted molar refractivity (Wildman–Crippen MR) is 105 cm³/mol. The molecule has 2 heterocycles. The van der Waals surface area contributed by atoms with Gasteiger partial charge in [0, 0.05) is 10.4 Å². The van der Waals surface area contributed by atoms with Crippen molar-refractivity contribution in [3.63, 3.8) is 0 Å². The quantitative estimate of drug-likeness (QED) is 0.0856. The molecular weight excluding hydrogens is 496 g/mol. The van der Waals surface area contributed by atoms with Gasteiger partial charge < -0.3 is 19.3 Å². The van der Waals surface area contributed by atoms with E-state index in [2.05, 4.69) is 0 Å². The van der Waals surface area contributed by atoms with Crippen molar-refractivity contribution in [2.24, 2.45) is 11.5 Å². The summed E-state index contributed by atoms with van der Waals surface area (Å²) in [5.41, 5.74) is 10.3. The molecule has 2 rings (SSSR count). The second-order valence-corrected chi connectivity index (χ2v) is 13.6. The highest BCUT2D eigenvalue weighted by Crippen LogP contribution is 2.24. The standard InChI is InChI=1S/2C5H10N2O3S2.H2O4S/c2*6-5(7)11-4-2-12(9,10)1-3(4)8;1-5(2,3)4/h2*3-4,8H,1-2H2,(H3,6,7);(H2,1,2,3,4). The number of nitrogens with two attached hydrogens (primary N) is 4. The van der Waals surface area contributed by atoms with Gasteiger partial charge in [0.25, 0.3) is 10.3 Å². The topological polar surface area (TPSA) is 292 Å². The number of thioether (sulfide) groups is 2. The lowest BCUT2D eigenvalue weighted by molar-refractivity contribution is -0.110. The van der Waals surface area contributed by atoms with Crippen molar-refractivity contribution >= 4 is 63.9 Å². The lowest BCUT2D eigenvalue weighted by Gasteiger charge is -2.06. The second-order valence-electron chi connectivity index (χ2n) is 5.81. The maximum Gasteiger partial charge on any atom is 0.300 e. The van der Waals surface area contributed by atoms with Gasteiger partial charge in [0.1, 0.15) is 0 Å². The lowest BCUT2D eigenvalue weighted by Crippen LogP contribution is -2.45. The van der Waals surface area contributed by atoms with Crippen LogP contribution in [0.2, 0.25) is 0 Å². The van der Waals surface area contributed by atoms with Gasteiger partial charge in [0.2, 0.25) is 0 Å². The molecule has 0 bridgehead atoms. The average molecular weight is 519 g/mol. The van der Waals surface area contributed by atoms with E-state index in [1.54, 1.807) is 0 Å². The van der Waals surface area contributed by atoms with Crippen molar-refractivity contribution in [2.75, 3.05) is 23.0 Å². The summed E-state index contributed by atoms with van der Waals surface area (Å²) in [4.78, 5) is 0. The molecule has 2 fully saturated rings. The smallest absolute Gasteiger partial charge is 0.300 e. The van der Waals surface area contributed by atoms with E-state index >= 15 is 0 Å².